The van der Waals surface area contributed by atoms with Gasteiger partial charge in [0.2, 0.25) is 0 Å². The van der Waals surface area contributed by atoms with Crippen molar-refractivity contribution in [2.45, 2.75) is 13.5 Å². The number of rotatable bonds is 3. The molecule has 6 heteroatoms. The van der Waals surface area contributed by atoms with Crippen LogP contribution in [0.3, 0.4) is 0 Å². The smallest absolute Gasteiger partial charge is 0.263 e. The van der Waals surface area contributed by atoms with Gasteiger partial charge in [-0.25, -0.2) is 4.98 Å². The van der Waals surface area contributed by atoms with E-state index in [1.54, 1.807) is 33.6 Å². The van der Waals surface area contributed by atoms with Crippen LogP contribution in [0.5, 0.6) is 0 Å². The molecule has 0 fully saturated rings. The molecule has 0 aliphatic rings. The number of benzene rings is 1. The minimum Gasteiger partial charge on any atom is -0.293 e. The van der Waals surface area contributed by atoms with E-state index in [2.05, 4.69) is 20.9 Å². The van der Waals surface area contributed by atoms with Crippen LogP contribution in [0.4, 0.5) is 0 Å². The highest BCUT2D eigenvalue weighted by molar-refractivity contribution is 9.10. The fourth-order valence-corrected chi connectivity index (χ4v) is 4.76. The molecular formula is C18H13BrN2OS2. The van der Waals surface area contributed by atoms with E-state index >= 15 is 0 Å². The maximum absolute atomic E-state index is 13.1. The van der Waals surface area contributed by atoms with Gasteiger partial charge in [0.1, 0.15) is 4.83 Å². The highest BCUT2D eigenvalue weighted by Crippen LogP contribution is 2.35. The number of hydrogen-bond acceptors (Lipinski definition) is 4. The number of halogens is 1. The van der Waals surface area contributed by atoms with Crippen LogP contribution in [-0.2, 0) is 6.54 Å². The number of fused-ring (bicyclic) bond motifs is 1. The van der Waals surface area contributed by atoms with Gasteiger partial charge in [-0.05, 0) is 36.1 Å². The number of nitrogens with zero attached hydrogens (tertiary/aromatic N) is 2. The van der Waals surface area contributed by atoms with Crippen LogP contribution in [0.1, 0.15) is 9.75 Å². The molecule has 4 aromatic rings. The van der Waals surface area contributed by atoms with Gasteiger partial charge in [0.15, 0.2) is 0 Å². The van der Waals surface area contributed by atoms with E-state index in [1.165, 1.54) is 0 Å². The Morgan fingerprint density at radius 3 is 2.71 bits per heavy atom. The van der Waals surface area contributed by atoms with Crippen molar-refractivity contribution in [1.82, 2.24) is 9.55 Å². The summed E-state index contributed by atoms with van der Waals surface area (Å²) in [6.07, 6.45) is 1.66. The molecule has 120 valence electrons. The highest BCUT2D eigenvalue weighted by atomic mass is 79.9. The Bertz CT molecular complexity index is 1060. The molecule has 3 nitrogen and oxygen atoms in total. The molecule has 4 rings (SSSR count). The van der Waals surface area contributed by atoms with E-state index in [0.717, 1.165) is 35.6 Å². The summed E-state index contributed by atoms with van der Waals surface area (Å²) in [5, 5.41) is 2.74. The standard InChI is InChI=1S/C18H13BrN2OS2/c1-11-15(12-4-6-13(19)7-5-12)16-17(24-11)20-10-21(18(16)22)9-14-3-2-8-23-14/h2-8,10H,9H2,1H3. The number of hydrogen-bond donors (Lipinski definition) is 0. The molecule has 0 amide bonds. The second kappa shape index (κ2) is 6.27. The van der Waals surface area contributed by atoms with Crippen molar-refractivity contribution >= 4 is 48.8 Å². The van der Waals surface area contributed by atoms with Gasteiger partial charge in [-0.1, -0.05) is 34.1 Å². The summed E-state index contributed by atoms with van der Waals surface area (Å²) in [6, 6.07) is 12.1. The summed E-state index contributed by atoms with van der Waals surface area (Å²) in [7, 11) is 0. The third kappa shape index (κ3) is 2.75. The largest absolute Gasteiger partial charge is 0.293 e. The quantitative estimate of drug-likeness (QED) is 0.453. The van der Waals surface area contributed by atoms with Crippen LogP contribution < -0.4 is 5.56 Å². The lowest BCUT2D eigenvalue weighted by molar-refractivity contribution is 0.759. The maximum atomic E-state index is 13.1. The molecule has 0 atom stereocenters. The van der Waals surface area contributed by atoms with Crippen LogP contribution in [0.15, 0.2) is 57.4 Å². The summed E-state index contributed by atoms with van der Waals surface area (Å²) < 4.78 is 2.72. The molecule has 0 aliphatic carbocycles. The molecule has 3 heterocycles. The van der Waals surface area contributed by atoms with Crippen molar-refractivity contribution in [2.75, 3.05) is 0 Å². The van der Waals surface area contributed by atoms with Gasteiger partial charge in [-0.2, -0.15) is 0 Å². The molecule has 24 heavy (non-hydrogen) atoms. The minimum absolute atomic E-state index is 0.0238. The van der Waals surface area contributed by atoms with E-state index in [9.17, 15) is 4.79 Å². The lowest BCUT2D eigenvalue weighted by atomic mass is 10.0. The molecule has 3 aromatic heterocycles. The summed E-state index contributed by atoms with van der Waals surface area (Å²) in [4.78, 5) is 20.6. The van der Waals surface area contributed by atoms with Crippen molar-refractivity contribution < 1.29 is 0 Å². The summed E-state index contributed by atoms with van der Waals surface area (Å²) in [6.45, 7) is 2.61. The van der Waals surface area contributed by atoms with E-state index in [-0.39, 0.29) is 5.56 Å². The normalized spacial score (nSPS) is 11.2. The molecule has 1 aromatic carbocycles. The fraction of sp³-hybridized carbons (Fsp3) is 0.111. The Morgan fingerprint density at radius 1 is 1.21 bits per heavy atom. The minimum atomic E-state index is 0.0238. The first kappa shape index (κ1) is 15.7. The van der Waals surface area contributed by atoms with Crippen molar-refractivity contribution in [3.8, 4) is 11.1 Å². The van der Waals surface area contributed by atoms with E-state index in [4.69, 9.17) is 0 Å². The third-order valence-electron chi connectivity index (χ3n) is 3.89. The lowest BCUT2D eigenvalue weighted by Crippen LogP contribution is -2.20. The number of aryl methyl sites for hydroxylation is 1. The van der Waals surface area contributed by atoms with Gasteiger partial charge in [0.25, 0.3) is 5.56 Å². The zero-order valence-electron chi connectivity index (χ0n) is 12.8. The second-order valence-electron chi connectivity index (χ2n) is 5.48. The Morgan fingerprint density at radius 2 is 2.00 bits per heavy atom. The first-order valence-corrected chi connectivity index (χ1v) is 9.89. The Labute approximate surface area is 155 Å². The third-order valence-corrected chi connectivity index (χ3v) is 6.30. The van der Waals surface area contributed by atoms with Gasteiger partial charge in [0.05, 0.1) is 18.3 Å². The van der Waals surface area contributed by atoms with Gasteiger partial charge in [-0.3, -0.25) is 9.36 Å². The van der Waals surface area contributed by atoms with Gasteiger partial charge in [-0.15, -0.1) is 22.7 Å². The maximum Gasteiger partial charge on any atom is 0.263 e. The Kier molecular flexibility index (Phi) is 4.12. The van der Waals surface area contributed by atoms with Crippen LogP contribution in [0.25, 0.3) is 21.3 Å². The second-order valence-corrected chi connectivity index (χ2v) is 8.63. The molecular weight excluding hydrogens is 404 g/mol. The molecule has 0 aliphatic heterocycles. The fourth-order valence-electron chi connectivity index (χ4n) is 2.78. The van der Waals surface area contributed by atoms with Crippen molar-refractivity contribution in [3.05, 3.63) is 72.7 Å². The van der Waals surface area contributed by atoms with E-state index in [1.807, 2.05) is 48.7 Å². The van der Waals surface area contributed by atoms with Crippen LogP contribution in [0, 0.1) is 6.92 Å². The molecule has 0 saturated heterocycles. The van der Waals surface area contributed by atoms with Crippen LogP contribution >= 0.6 is 38.6 Å². The highest BCUT2D eigenvalue weighted by Gasteiger charge is 2.17. The summed E-state index contributed by atoms with van der Waals surface area (Å²) >= 11 is 6.69. The van der Waals surface area contributed by atoms with Gasteiger partial charge >= 0.3 is 0 Å². The molecule has 0 saturated carbocycles. The summed E-state index contributed by atoms with van der Waals surface area (Å²) in [5.74, 6) is 0. The van der Waals surface area contributed by atoms with Crippen LogP contribution in [-0.4, -0.2) is 9.55 Å². The monoisotopic (exact) mass is 416 g/mol. The topological polar surface area (TPSA) is 34.9 Å². The average molecular weight is 417 g/mol. The first-order valence-electron chi connectivity index (χ1n) is 7.40. The lowest BCUT2D eigenvalue weighted by Gasteiger charge is -2.05. The van der Waals surface area contributed by atoms with Crippen molar-refractivity contribution in [1.29, 1.82) is 0 Å². The zero-order chi connectivity index (χ0) is 16.7. The average Bonchev–Trinajstić information content (AvgIpc) is 3.19. The van der Waals surface area contributed by atoms with Crippen molar-refractivity contribution in [3.63, 3.8) is 0 Å². The van der Waals surface area contributed by atoms with E-state index in [0.29, 0.717) is 6.54 Å². The zero-order valence-corrected chi connectivity index (χ0v) is 16.0. The number of thiophene rings is 2. The Balaban J connectivity index is 1.92. The Hall–Kier alpha value is -1.76. The molecule has 0 radical (unpaired) electrons. The van der Waals surface area contributed by atoms with Gasteiger partial charge in [0, 0.05) is 19.8 Å². The molecule has 0 N–H and O–H groups in total. The summed E-state index contributed by atoms with van der Waals surface area (Å²) in [5.41, 5.74) is 2.07. The first-order chi connectivity index (χ1) is 11.6. The van der Waals surface area contributed by atoms with Crippen molar-refractivity contribution in [2.24, 2.45) is 0 Å². The van der Waals surface area contributed by atoms with Crippen LogP contribution in [0.2, 0.25) is 0 Å². The predicted octanol–water partition coefficient (Wildman–Crippen LogP) is 5.31. The molecule has 0 bridgehead atoms. The molecule has 0 unspecified atom stereocenters. The van der Waals surface area contributed by atoms with Gasteiger partial charge < -0.3 is 0 Å². The number of aromatic nitrogens is 2. The SMILES string of the molecule is Cc1sc2ncn(Cc3cccs3)c(=O)c2c1-c1ccc(Br)cc1. The van der Waals surface area contributed by atoms with E-state index < -0.39 is 0 Å². The predicted molar refractivity (Wildman–Crippen MR) is 105 cm³/mol. The molecule has 0 spiro atoms.